The van der Waals surface area contributed by atoms with Crippen molar-refractivity contribution in [2.24, 2.45) is 0 Å². The first-order chi connectivity index (χ1) is 20.1. The highest BCUT2D eigenvalue weighted by Crippen LogP contribution is 2.32. The Balaban J connectivity index is 1.99. The summed E-state index contributed by atoms with van der Waals surface area (Å²) in [7, 11) is -2.00. The maximum atomic E-state index is 15.0. The first kappa shape index (κ1) is 35.7. The van der Waals surface area contributed by atoms with Crippen LogP contribution in [0.4, 0.5) is 8.78 Å². The lowest BCUT2D eigenvalue weighted by atomic mass is 10.1. The van der Waals surface area contributed by atoms with Crippen molar-refractivity contribution in [2.45, 2.75) is 166 Å². The Labute approximate surface area is 254 Å². The van der Waals surface area contributed by atoms with Gasteiger partial charge in [-0.05, 0) is 35.3 Å². The van der Waals surface area contributed by atoms with Crippen LogP contribution in [0.5, 0.6) is 0 Å². The van der Waals surface area contributed by atoms with Crippen molar-refractivity contribution in [3.8, 4) is 0 Å². The summed E-state index contributed by atoms with van der Waals surface area (Å²) in [6.45, 7) is 4.55. The molecule has 3 heteroatoms. The number of unbranched alkanes of at least 4 members (excludes halogenated alkanes) is 18. The SMILES string of the molecule is CCCCCCCCCCCC[Si](CCCCCCCCCCCC)(Cc1ccccc1F)Cc1ccccc1F. The van der Waals surface area contributed by atoms with Crippen LogP contribution in [-0.4, -0.2) is 8.07 Å². The van der Waals surface area contributed by atoms with Gasteiger partial charge in [0.1, 0.15) is 11.6 Å². The number of rotatable bonds is 26. The molecule has 0 radical (unpaired) electrons. The van der Waals surface area contributed by atoms with E-state index in [1.54, 1.807) is 24.3 Å². The zero-order valence-electron chi connectivity index (χ0n) is 26.8. The molecule has 0 fully saturated rings. The van der Waals surface area contributed by atoms with E-state index in [2.05, 4.69) is 13.8 Å². The standard InChI is InChI=1S/C38H62F2Si/c1-3-5-7-9-11-13-15-17-19-25-31-41(33-35-27-21-23-29-37(35)39,34-36-28-22-24-30-38(36)40)32-26-20-18-16-14-12-10-8-6-4-2/h21-24,27-30H,3-20,25-26,31-34H2,1-2H3. The molecule has 0 aromatic heterocycles. The second-order valence-corrected chi connectivity index (χ2v) is 17.6. The zero-order chi connectivity index (χ0) is 29.4. The van der Waals surface area contributed by atoms with Gasteiger partial charge in [0.05, 0.1) is 8.07 Å². The molecular formula is C38H62F2Si. The third-order valence-electron chi connectivity index (χ3n) is 9.17. The average molecular weight is 585 g/mol. The number of hydrogen-bond donors (Lipinski definition) is 0. The molecule has 0 heterocycles. The van der Waals surface area contributed by atoms with E-state index >= 15 is 0 Å². The van der Waals surface area contributed by atoms with Gasteiger partial charge in [-0.3, -0.25) is 0 Å². The van der Waals surface area contributed by atoms with E-state index in [0.717, 1.165) is 23.2 Å². The molecule has 0 nitrogen and oxygen atoms in total. The third kappa shape index (κ3) is 16.1. The molecular weight excluding hydrogens is 523 g/mol. The Morgan fingerprint density at radius 2 is 0.707 bits per heavy atom. The van der Waals surface area contributed by atoms with Crippen LogP contribution >= 0.6 is 0 Å². The fraction of sp³-hybridized carbons (Fsp3) is 0.684. The minimum Gasteiger partial charge on any atom is -0.207 e. The predicted octanol–water partition coefficient (Wildman–Crippen LogP) is 13.1. The van der Waals surface area contributed by atoms with E-state index in [0.29, 0.717) is 0 Å². The van der Waals surface area contributed by atoms with Crippen LogP contribution in [0.1, 0.15) is 153 Å². The van der Waals surface area contributed by atoms with Crippen LogP contribution < -0.4 is 0 Å². The molecule has 2 aromatic carbocycles. The minimum absolute atomic E-state index is 0.0796. The van der Waals surface area contributed by atoms with Crippen molar-refractivity contribution >= 4 is 8.07 Å². The van der Waals surface area contributed by atoms with E-state index in [-0.39, 0.29) is 11.6 Å². The van der Waals surface area contributed by atoms with E-state index in [1.165, 1.54) is 141 Å². The van der Waals surface area contributed by atoms with Crippen molar-refractivity contribution in [1.82, 2.24) is 0 Å². The summed E-state index contributed by atoms with van der Waals surface area (Å²) in [4.78, 5) is 0. The van der Waals surface area contributed by atoms with E-state index in [9.17, 15) is 8.78 Å². The molecule has 232 valence electrons. The summed E-state index contributed by atoms with van der Waals surface area (Å²) in [6, 6.07) is 18.8. The monoisotopic (exact) mass is 584 g/mol. The van der Waals surface area contributed by atoms with E-state index in [1.807, 2.05) is 24.3 Å². The fourth-order valence-electron chi connectivity index (χ4n) is 6.61. The zero-order valence-corrected chi connectivity index (χ0v) is 27.8. The smallest absolute Gasteiger partial charge is 0.126 e. The third-order valence-corrected chi connectivity index (χ3v) is 14.3. The van der Waals surface area contributed by atoms with Gasteiger partial charge in [-0.2, -0.15) is 0 Å². The molecule has 0 saturated carbocycles. The summed E-state index contributed by atoms with van der Waals surface area (Å²) >= 11 is 0. The highest BCUT2D eigenvalue weighted by molar-refractivity contribution is 6.78. The summed E-state index contributed by atoms with van der Waals surface area (Å²) in [5, 5.41) is 0. The molecule has 0 atom stereocenters. The van der Waals surface area contributed by atoms with Crippen LogP contribution in [0, 0.1) is 11.6 Å². The molecule has 0 bridgehead atoms. The van der Waals surface area contributed by atoms with Gasteiger partial charge in [-0.25, -0.2) is 8.78 Å². The second kappa shape index (κ2) is 23.0. The summed E-state index contributed by atoms with van der Waals surface area (Å²) in [5.74, 6) is -0.159. The van der Waals surface area contributed by atoms with Crippen LogP contribution in [0.25, 0.3) is 0 Å². The van der Waals surface area contributed by atoms with E-state index in [4.69, 9.17) is 0 Å². The van der Waals surface area contributed by atoms with Gasteiger partial charge in [0.25, 0.3) is 0 Å². The molecule has 0 spiro atoms. The number of hydrogen-bond acceptors (Lipinski definition) is 0. The molecule has 41 heavy (non-hydrogen) atoms. The molecule has 0 aliphatic carbocycles. The molecule has 0 aliphatic heterocycles. The van der Waals surface area contributed by atoms with Crippen molar-refractivity contribution in [1.29, 1.82) is 0 Å². The average Bonchev–Trinajstić information content (AvgIpc) is 2.97. The topological polar surface area (TPSA) is 0 Å². The van der Waals surface area contributed by atoms with Gasteiger partial charge in [-0.1, -0.05) is 191 Å². The molecule has 2 rings (SSSR count). The second-order valence-electron chi connectivity index (χ2n) is 12.9. The minimum atomic E-state index is -2.00. The quantitative estimate of drug-likeness (QED) is 0.0762. The van der Waals surface area contributed by atoms with E-state index < -0.39 is 8.07 Å². The van der Waals surface area contributed by atoms with Crippen molar-refractivity contribution in [2.75, 3.05) is 0 Å². The van der Waals surface area contributed by atoms with Gasteiger partial charge in [0, 0.05) is 0 Å². The first-order valence-electron chi connectivity index (χ1n) is 17.6. The van der Waals surface area contributed by atoms with Crippen LogP contribution in [0.15, 0.2) is 48.5 Å². The molecule has 0 saturated heterocycles. The van der Waals surface area contributed by atoms with Crippen LogP contribution in [-0.2, 0) is 12.1 Å². The molecule has 0 amide bonds. The van der Waals surface area contributed by atoms with Gasteiger partial charge in [-0.15, -0.1) is 0 Å². The summed E-state index contributed by atoms with van der Waals surface area (Å²) in [6.07, 6.45) is 26.6. The van der Waals surface area contributed by atoms with Crippen LogP contribution in [0.3, 0.4) is 0 Å². The Hall–Kier alpha value is -1.48. The normalized spacial score (nSPS) is 11.8. The van der Waals surface area contributed by atoms with Crippen molar-refractivity contribution in [3.05, 3.63) is 71.3 Å². The van der Waals surface area contributed by atoms with Crippen molar-refractivity contribution in [3.63, 3.8) is 0 Å². The number of benzene rings is 2. The largest absolute Gasteiger partial charge is 0.207 e. The highest BCUT2D eigenvalue weighted by atomic mass is 28.3. The maximum Gasteiger partial charge on any atom is 0.126 e. The lowest BCUT2D eigenvalue weighted by Gasteiger charge is -2.33. The molecule has 2 aromatic rings. The van der Waals surface area contributed by atoms with Gasteiger partial charge >= 0.3 is 0 Å². The Bertz CT molecular complexity index is 822. The molecule has 0 aliphatic rings. The molecule has 0 N–H and O–H groups in total. The Morgan fingerprint density at radius 3 is 1.02 bits per heavy atom. The summed E-state index contributed by atoms with van der Waals surface area (Å²) < 4.78 is 29.9. The Morgan fingerprint density at radius 1 is 0.415 bits per heavy atom. The highest BCUT2D eigenvalue weighted by Gasteiger charge is 2.34. The van der Waals surface area contributed by atoms with Gasteiger partial charge < -0.3 is 0 Å². The Kier molecular flexibility index (Phi) is 20.1. The van der Waals surface area contributed by atoms with Crippen molar-refractivity contribution < 1.29 is 8.78 Å². The number of halogens is 2. The lowest BCUT2D eigenvalue weighted by molar-refractivity contribution is 0.558. The van der Waals surface area contributed by atoms with Crippen LogP contribution in [0.2, 0.25) is 12.1 Å². The summed E-state index contributed by atoms with van der Waals surface area (Å²) in [5.41, 5.74) is 1.71. The molecule has 0 unspecified atom stereocenters. The fourth-order valence-corrected chi connectivity index (χ4v) is 11.9. The van der Waals surface area contributed by atoms with Gasteiger partial charge in [0.2, 0.25) is 0 Å². The first-order valence-corrected chi connectivity index (χ1v) is 20.4. The van der Waals surface area contributed by atoms with Gasteiger partial charge in [0.15, 0.2) is 0 Å². The predicted molar refractivity (Wildman–Crippen MR) is 179 cm³/mol. The maximum absolute atomic E-state index is 15.0. The lowest BCUT2D eigenvalue weighted by Crippen LogP contribution is -2.41.